The van der Waals surface area contributed by atoms with E-state index in [0.717, 1.165) is 0 Å². The van der Waals surface area contributed by atoms with Crippen molar-refractivity contribution in [2.75, 3.05) is 13.7 Å². The minimum absolute atomic E-state index is 0.212. The summed E-state index contributed by atoms with van der Waals surface area (Å²) in [4.78, 5) is 22.6. The summed E-state index contributed by atoms with van der Waals surface area (Å²) in [5.74, 6) is -0.473. The number of methoxy groups -OCH3 is 1. The van der Waals surface area contributed by atoms with Crippen molar-refractivity contribution in [2.45, 2.75) is 18.6 Å². The molecular weight excluding hydrogens is 162 g/mol. The van der Waals surface area contributed by atoms with Crippen LogP contribution in [0.5, 0.6) is 0 Å². The van der Waals surface area contributed by atoms with Crippen molar-refractivity contribution in [3.8, 4) is 0 Å². The molecule has 1 fully saturated rings. The molecule has 0 aromatic carbocycles. The standard InChI is InChI=1S/C7H11NO4/c1-12-7(11)6-2-5(10)3-8(6)4-9/h4-6,10H,2-3H2,1H3/t5-,6-/m0/s1. The van der Waals surface area contributed by atoms with Crippen molar-refractivity contribution in [3.05, 3.63) is 0 Å². The molecule has 2 atom stereocenters. The number of amides is 1. The normalized spacial score (nSPS) is 28.7. The van der Waals surface area contributed by atoms with Crippen LogP contribution in [-0.2, 0) is 14.3 Å². The fraction of sp³-hybridized carbons (Fsp3) is 0.714. The van der Waals surface area contributed by atoms with E-state index in [9.17, 15) is 9.59 Å². The summed E-state index contributed by atoms with van der Waals surface area (Å²) in [5, 5.41) is 9.14. The van der Waals surface area contributed by atoms with E-state index in [-0.39, 0.29) is 13.0 Å². The number of rotatable bonds is 2. The fourth-order valence-corrected chi connectivity index (χ4v) is 1.32. The van der Waals surface area contributed by atoms with Crippen LogP contribution < -0.4 is 0 Å². The van der Waals surface area contributed by atoms with Gasteiger partial charge < -0.3 is 14.7 Å². The third-order valence-electron chi connectivity index (χ3n) is 1.93. The highest BCUT2D eigenvalue weighted by molar-refractivity contribution is 5.78. The van der Waals surface area contributed by atoms with Gasteiger partial charge in [-0.2, -0.15) is 0 Å². The van der Waals surface area contributed by atoms with Crippen molar-refractivity contribution >= 4 is 12.4 Å². The highest BCUT2D eigenvalue weighted by Gasteiger charge is 2.35. The van der Waals surface area contributed by atoms with Crippen LogP contribution in [0.2, 0.25) is 0 Å². The Hall–Kier alpha value is -1.10. The zero-order chi connectivity index (χ0) is 9.14. The number of hydrogen-bond donors (Lipinski definition) is 1. The summed E-state index contributed by atoms with van der Waals surface area (Å²) in [6, 6.07) is -0.609. The van der Waals surface area contributed by atoms with Crippen molar-refractivity contribution in [2.24, 2.45) is 0 Å². The maximum atomic E-state index is 11.0. The van der Waals surface area contributed by atoms with Crippen LogP contribution in [0.1, 0.15) is 6.42 Å². The molecule has 0 spiro atoms. The lowest BCUT2D eigenvalue weighted by Gasteiger charge is -2.15. The second-order valence-corrected chi connectivity index (χ2v) is 2.73. The molecule has 0 unspecified atom stereocenters. The Labute approximate surface area is 69.9 Å². The maximum absolute atomic E-state index is 11.0. The first kappa shape index (κ1) is 8.99. The Bertz CT molecular complexity index is 194. The molecule has 1 rings (SSSR count). The third kappa shape index (κ3) is 1.55. The van der Waals surface area contributed by atoms with E-state index < -0.39 is 18.1 Å². The number of ether oxygens (including phenoxy) is 1. The number of aliphatic hydroxyl groups excluding tert-OH is 1. The van der Waals surface area contributed by atoms with E-state index in [0.29, 0.717) is 6.41 Å². The van der Waals surface area contributed by atoms with Crippen LogP contribution in [0.3, 0.4) is 0 Å². The molecule has 1 saturated heterocycles. The molecule has 0 aromatic heterocycles. The van der Waals surface area contributed by atoms with E-state index in [4.69, 9.17) is 5.11 Å². The molecule has 5 nitrogen and oxygen atoms in total. The van der Waals surface area contributed by atoms with Gasteiger partial charge in [-0.3, -0.25) is 4.79 Å². The summed E-state index contributed by atoms with van der Waals surface area (Å²) < 4.78 is 4.46. The van der Waals surface area contributed by atoms with Crippen LogP contribution in [0.15, 0.2) is 0 Å². The van der Waals surface area contributed by atoms with Gasteiger partial charge in [0.2, 0.25) is 6.41 Å². The lowest BCUT2D eigenvalue weighted by molar-refractivity contribution is -0.148. The van der Waals surface area contributed by atoms with Gasteiger partial charge in [-0.25, -0.2) is 4.79 Å². The van der Waals surface area contributed by atoms with Gasteiger partial charge in [-0.15, -0.1) is 0 Å². The average Bonchev–Trinajstić information content (AvgIpc) is 2.45. The van der Waals surface area contributed by atoms with Gasteiger partial charge in [-0.05, 0) is 0 Å². The highest BCUT2D eigenvalue weighted by Crippen LogP contribution is 2.16. The number of carbonyl (C=O) groups is 2. The van der Waals surface area contributed by atoms with Crippen LogP contribution >= 0.6 is 0 Å². The maximum Gasteiger partial charge on any atom is 0.328 e. The molecule has 0 radical (unpaired) electrons. The summed E-state index contributed by atoms with van der Waals surface area (Å²) in [6.45, 7) is 0.212. The Morgan fingerprint density at radius 3 is 2.92 bits per heavy atom. The lowest BCUT2D eigenvalue weighted by Crippen LogP contribution is -2.35. The van der Waals surface area contributed by atoms with Crippen molar-refractivity contribution in [1.29, 1.82) is 0 Å². The van der Waals surface area contributed by atoms with Crippen molar-refractivity contribution < 1.29 is 19.4 Å². The molecule has 1 N–H and O–H groups in total. The molecule has 12 heavy (non-hydrogen) atoms. The summed E-state index contributed by atoms with van der Waals surface area (Å²) in [7, 11) is 1.26. The lowest BCUT2D eigenvalue weighted by atomic mass is 10.2. The predicted octanol–water partition coefficient (Wildman–Crippen LogP) is -1.25. The Kier molecular flexibility index (Phi) is 2.65. The molecule has 1 amide bonds. The Morgan fingerprint density at radius 1 is 1.75 bits per heavy atom. The summed E-state index contributed by atoms with van der Waals surface area (Å²) in [6.07, 6.45) is 0.211. The second kappa shape index (κ2) is 3.53. The Morgan fingerprint density at radius 2 is 2.42 bits per heavy atom. The number of β-amino-alcohol motifs (C(OH)–C–C–N with tert-alkyl or cyclic N) is 1. The molecule has 0 aromatic rings. The van der Waals surface area contributed by atoms with Crippen molar-refractivity contribution in [3.63, 3.8) is 0 Å². The second-order valence-electron chi connectivity index (χ2n) is 2.73. The van der Waals surface area contributed by atoms with Crippen LogP contribution in [0.4, 0.5) is 0 Å². The van der Waals surface area contributed by atoms with E-state index in [2.05, 4.69) is 4.74 Å². The van der Waals surface area contributed by atoms with Gasteiger partial charge in [-0.1, -0.05) is 0 Å². The quantitative estimate of drug-likeness (QED) is 0.418. The Balaban J connectivity index is 2.63. The molecule has 0 aliphatic carbocycles. The van der Waals surface area contributed by atoms with Crippen molar-refractivity contribution in [1.82, 2.24) is 4.90 Å². The van der Waals surface area contributed by atoms with Crippen LogP contribution in [-0.4, -0.2) is 48.2 Å². The first-order chi connectivity index (χ1) is 5.69. The fourth-order valence-electron chi connectivity index (χ4n) is 1.32. The largest absolute Gasteiger partial charge is 0.467 e. The summed E-state index contributed by atoms with van der Waals surface area (Å²) in [5.41, 5.74) is 0. The first-order valence-corrected chi connectivity index (χ1v) is 3.66. The molecule has 5 heteroatoms. The number of likely N-dealkylation sites (tertiary alicyclic amines) is 1. The third-order valence-corrected chi connectivity index (χ3v) is 1.93. The molecule has 1 heterocycles. The van der Waals surface area contributed by atoms with E-state index in [1.165, 1.54) is 12.0 Å². The zero-order valence-corrected chi connectivity index (χ0v) is 6.77. The topological polar surface area (TPSA) is 66.8 Å². The van der Waals surface area contributed by atoms with Gasteiger partial charge >= 0.3 is 5.97 Å². The highest BCUT2D eigenvalue weighted by atomic mass is 16.5. The van der Waals surface area contributed by atoms with Crippen LogP contribution in [0.25, 0.3) is 0 Å². The monoisotopic (exact) mass is 173 g/mol. The average molecular weight is 173 g/mol. The molecule has 68 valence electrons. The van der Waals surface area contributed by atoms with Gasteiger partial charge in [0.15, 0.2) is 0 Å². The number of aliphatic hydroxyl groups is 1. The number of hydrogen-bond acceptors (Lipinski definition) is 4. The molecule has 0 bridgehead atoms. The number of carbonyl (C=O) groups excluding carboxylic acids is 2. The minimum Gasteiger partial charge on any atom is -0.467 e. The number of esters is 1. The molecule has 1 aliphatic rings. The molecule has 0 saturated carbocycles. The van der Waals surface area contributed by atoms with Gasteiger partial charge in [0.25, 0.3) is 0 Å². The molecule has 1 aliphatic heterocycles. The SMILES string of the molecule is COC(=O)[C@@H]1C[C@H](O)CN1C=O. The predicted molar refractivity (Wildman–Crippen MR) is 39.2 cm³/mol. The van der Waals surface area contributed by atoms with Gasteiger partial charge in [0, 0.05) is 13.0 Å². The summed E-state index contributed by atoms with van der Waals surface area (Å²) >= 11 is 0. The van der Waals surface area contributed by atoms with Gasteiger partial charge in [0.1, 0.15) is 6.04 Å². The van der Waals surface area contributed by atoms with Crippen LogP contribution in [0, 0.1) is 0 Å². The first-order valence-electron chi connectivity index (χ1n) is 3.66. The zero-order valence-electron chi connectivity index (χ0n) is 6.77. The minimum atomic E-state index is -0.612. The van der Waals surface area contributed by atoms with E-state index in [1.807, 2.05) is 0 Å². The van der Waals surface area contributed by atoms with Gasteiger partial charge in [0.05, 0.1) is 13.2 Å². The van der Waals surface area contributed by atoms with E-state index >= 15 is 0 Å². The van der Waals surface area contributed by atoms with E-state index in [1.54, 1.807) is 0 Å². The smallest absolute Gasteiger partial charge is 0.328 e. The number of nitrogens with zero attached hydrogens (tertiary/aromatic N) is 1. The molecular formula is C7H11NO4.